The van der Waals surface area contributed by atoms with Crippen molar-refractivity contribution in [2.45, 2.75) is 45.2 Å². The minimum absolute atomic E-state index is 0.218. The Balaban J connectivity index is 1.72. The predicted octanol–water partition coefficient (Wildman–Crippen LogP) is 3.47. The molecule has 2 rings (SSSR count). The van der Waals surface area contributed by atoms with Gasteiger partial charge in [0.25, 0.3) is 0 Å². The van der Waals surface area contributed by atoms with Crippen molar-refractivity contribution in [1.82, 2.24) is 10.2 Å². The standard InChI is InChI=1S/C18H28N2OS/c1-3-22-14-11-18(21)19-17-9-12-20(13-10-17)15(2)16-7-5-4-6-8-16/h4-8,15,17H,3,9-14H2,1-2H3,(H,19,21)/t15-/m1/s1. The summed E-state index contributed by atoms with van der Waals surface area (Å²) in [6, 6.07) is 11.5. The first-order chi connectivity index (χ1) is 10.7. The Hall–Kier alpha value is -1.00. The first-order valence-corrected chi connectivity index (χ1v) is 9.52. The van der Waals surface area contributed by atoms with E-state index in [2.05, 4.69) is 54.4 Å². The fraction of sp³-hybridized carbons (Fsp3) is 0.611. The Labute approximate surface area is 138 Å². The zero-order chi connectivity index (χ0) is 15.8. The summed E-state index contributed by atoms with van der Waals surface area (Å²) < 4.78 is 0. The topological polar surface area (TPSA) is 32.3 Å². The van der Waals surface area contributed by atoms with Gasteiger partial charge in [-0.05, 0) is 31.1 Å². The maximum atomic E-state index is 11.9. The van der Waals surface area contributed by atoms with Gasteiger partial charge in [0.1, 0.15) is 0 Å². The molecule has 0 radical (unpaired) electrons. The van der Waals surface area contributed by atoms with Gasteiger partial charge in [-0.1, -0.05) is 37.3 Å². The molecular weight excluding hydrogens is 292 g/mol. The minimum atomic E-state index is 0.218. The average molecular weight is 321 g/mol. The number of carbonyl (C=O) groups excluding carboxylic acids is 1. The van der Waals surface area contributed by atoms with E-state index in [-0.39, 0.29) is 5.91 Å². The fourth-order valence-corrected chi connectivity index (χ4v) is 3.60. The Morgan fingerprint density at radius 3 is 2.64 bits per heavy atom. The van der Waals surface area contributed by atoms with Gasteiger partial charge in [-0.15, -0.1) is 0 Å². The molecule has 0 spiro atoms. The highest BCUT2D eigenvalue weighted by Crippen LogP contribution is 2.24. The Morgan fingerprint density at radius 2 is 2.00 bits per heavy atom. The average Bonchev–Trinajstić information content (AvgIpc) is 2.56. The molecule has 0 bridgehead atoms. The molecule has 1 heterocycles. The van der Waals surface area contributed by atoms with Gasteiger partial charge in [0.05, 0.1) is 0 Å². The summed E-state index contributed by atoms with van der Waals surface area (Å²) in [4.78, 5) is 14.4. The van der Waals surface area contributed by atoms with E-state index in [0.717, 1.165) is 37.4 Å². The van der Waals surface area contributed by atoms with Crippen LogP contribution >= 0.6 is 11.8 Å². The van der Waals surface area contributed by atoms with Crippen LogP contribution in [0, 0.1) is 0 Å². The predicted molar refractivity (Wildman–Crippen MR) is 95.2 cm³/mol. The fourth-order valence-electron chi connectivity index (χ4n) is 2.98. The van der Waals surface area contributed by atoms with Crippen LogP contribution in [-0.2, 0) is 4.79 Å². The van der Waals surface area contributed by atoms with Crippen LogP contribution < -0.4 is 5.32 Å². The second-order valence-electron chi connectivity index (χ2n) is 5.91. The number of nitrogens with zero attached hydrogens (tertiary/aromatic N) is 1. The number of hydrogen-bond acceptors (Lipinski definition) is 3. The molecule has 122 valence electrons. The van der Waals surface area contributed by atoms with Crippen molar-refractivity contribution in [1.29, 1.82) is 0 Å². The number of carbonyl (C=O) groups is 1. The van der Waals surface area contributed by atoms with Crippen LogP contribution in [0.4, 0.5) is 0 Å². The highest BCUT2D eigenvalue weighted by Gasteiger charge is 2.24. The third-order valence-corrected chi connectivity index (χ3v) is 5.30. The van der Waals surface area contributed by atoms with Gasteiger partial charge >= 0.3 is 0 Å². The highest BCUT2D eigenvalue weighted by atomic mass is 32.2. The van der Waals surface area contributed by atoms with Crippen LogP contribution in [0.5, 0.6) is 0 Å². The summed E-state index contributed by atoms with van der Waals surface area (Å²) >= 11 is 1.83. The molecule has 1 amide bonds. The Morgan fingerprint density at radius 1 is 1.32 bits per heavy atom. The molecule has 4 heteroatoms. The van der Waals surface area contributed by atoms with Crippen molar-refractivity contribution in [2.75, 3.05) is 24.6 Å². The van der Waals surface area contributed by atoms with Crippen LogP contribution in [-0.4, -0.2) is 41.4 Å². The molecule has 3 nitrogen and oxygen atoms in total. The number of piperidine rings is 1. The van der Waals surface area contributed by atoms with E-state index < -0.39 is 0 Å². The van der Waals surface area contributed by atoms with Crippen LogP contribution in [0.25, 0.3) is 0 Å². The molecular formula is C18H28N2OS. The molecule has 1 N–H and O–H groups in total. The van der Waals surface area contributed by atoms with E-state index in [1.54, 1.807) is 0 Å². The molecule has 22 heavy (non-hydrogen) atoms. The van der Waals surface area contributed by atoms with Gasteiger partial charge in [0.15, 0.2) is 0 Å². The zero-order valence-electron chi connectivity index (χ0n) is 13.8. The van der Waals surface area contributed by atoms with E-state index in [0.29, 0.717) is 18.5 Å². The van der Waals surface area contributed by atoms with Crippen molar-refractivity contribution < 1.29 is 4.79 Å². The second-order valence-corrected chi connectivity index (χ2v) is 7.31. The largest absolute Gasteiger partial charge is 0.353 e. The lowest BCUT2D eigenvalue weighted by atomic mass is 10.00. The zero-order valence-corrected chi connectivity index (χ0v) is 14.6. The van der Waals surface area contributed by atoms with Gasteiger partial charge < -0.3 is 5.32 Å². The summed E-state index contributed by atoms with van der Waals surface area (Å²) in [7, 11) is 0. The molecule has 1 aliphatic heterocycles. The number of rotatable bonds is 7. The van der Waals surface area contributed by atoms with Crippen molar-refractivity contribution in [3.63, 3.8) is 0 Å². The Kier molecular flexibility index (Phi) is 7.26. The summed E-state index contributed by atoms with van der Waals surface area (Å²) in [6.45, 7) is 6.53. The van der Waals surface area contributed by atoms with E-state index >= 15 is 0 Å². The smallest absolute Gasteiger partial charge is 0.221 e. The lowest BCUT2D eigenvalue weighted by Crippen LogP contribution is -2.45. The van der Waals surface area contributed by atoms with E-state index in [1.165, 1.54) is 5.56 Å². The monoisotopic (exact) mass is 320 g/mol. The lowest BCUT2D eigenvalue weighted by Gasteiger charge is -2.36. The van der Waals surface area contributed by atoms with Crippen molar-refractivity contribution in [2.24, 2.45) is 0 Å². The molecule has 1 aromatic carbocycles. The molecule has 0 saturated carbocycles. The van der Waals surface area contributed by atoms with Crippen LogP contribution in [0.1, 0.15) is 44.7 Å². The second kappa shape index (κ2) is 9.21. The molecule has 0 aliphatic carbocycles. The highest BCUT2D eigenvalue weighted by molar-refractivity contribution is 7.99. The molecule has 1 aliphatic rings. The normalized spacial score (nSPS) is 18.1. The van der Waals surface area contributed by atoms with Gasteiger partial charge in [-0.2, -0.15) is 11.8 Å². The third kappa shape index (κ3) is 5.33. The Bertz CT molecular complexity index is 444. The van der Waals surface area contributed by atoms with Crippen LogP contribution in [0.2, 0.25) is 0 Å². The van der Waals surface area contributed by atoms with Crippen molar-refractivity contribution in [3.8, 4) is 0 Å². The maximum Gasteiger partial charge on any atom is 0.221 e. The van der Waals surface area contributed by atoms with Crippen LogP contribution in [0.3, 0.4) is 0 Å². The number of likely N-dealkylation sites (tertiary alicyclic amines) is 1. The first-order valence-electron chi connectivity index (χ1n) is 8.36. The lowest BCUT2D eigenvalue weighted by molar-refractivity contribution is -0.121. The van der Waals surface area contributed by atoms with Crippen molar-refractivity contribution in [3.05, 3.63) is 35.9 Å². The van der Waals surface area contributed by atoms with E-state index in [1.807, 2.05) is 11.8 Å². The molecule has 1 fully saturated rings. The number of nitrogens with one attached hydrogen (secondary N) is 1. The summed E-state index contributed by atoms with van der Waals surface area (Å²) in [5, 5.41) is 3.20. The number of amides is 1. The minimum Gasteiger partial charge on any atom is -0.353 e. The quantitative estimate of drug-likeness (QED) is 0.781. The van der Waals surface area contributed by atoms with Gasteiger partial charge in [-0.25, -0.2) is 0 Å². The van der Waals surface area contributed by atoms with E-state index in [9.17, 15) is 4.79 Å². The maximum absolute atomic E-state index is 11.9. The van der Waals surface area contributed by atoms with E-state index in [4.69, 9.17) is 0 Å². The molecule has 0 unspecified atom stereocenters. The summed E-state index contributed by atoms with van der Waals surface area (Å²) in [6.07, 6.45) is 2.77. The van der Waals surface area contributed by atoms with Crippen molar-refractivity contribution >= 4 is 17.7 Å². The molecule has 1 saturated heterocycles. The molecule has 1 aromatic rings. The summed E-state index contributed by atoms with van der Waals surface area (Å²) in [5.41, 5.74) is 1.38. The number of benzene rings is 1. The molecule has 1 atom stereocenters. The molecule has 0 aromatic heterocycles. The van der Waals surface area contributed by atoms with Crippen LogP contribution in [0.15, 0.2) is 30.3 Å². The third-order valence-electron chi connectivity index (χ3n) is 4.40. The van der Waals surface area contributed by atoms with Gasteiger partial charge in [0, 0.05) is 37.3 Å². The number of thioether (sulfide) groups is 1. The first kappa shape index (κ1) is 17.4. The SMILES string of the molecule is CCSCCC(=O)NC1CCN([C@H](C)c2ccccc2)CC1. The summed E-state index contributed by atoms with van der Waals surface area (Å²) in [5.74, 6) is 2.24. The van der Waals surface area contributed by atoms with Gasteiger partial charge in [-0.3, -0.25) is 9.69 Å². The van der Waals surface area contributed by atoms with Gasteiger partial charge in [0.2, 0.25) is 5.91 Å². The number of hydrogen-bond donors (Lipinski definition) is 1.